The molecule has 3 amide bonds. The van der Waals surface area contributed by atoms with Crippen LogP contribution < -0.4 is 15.8 Å². The van der Waals surface area contributed by atoms with Gasteiger partial charge >= 0.3 is 0 Å². The number of carbonyl (C=O) groups excluding carboxylic acids is 3. The molecule has 1 atom stereocenters. The van der Waals surface area contributed by atoms with Gasteiger partial charge < -0.3 is 25.6 Å². The highest BCUT2D eigenvalue weighted by Gasteiger charge is 2.42. The molecule has 1 aliphatic rings. The highest BCUT2D eigenvalue weighted by Crippen LogP contribution is 2.22. The molecular weight excluding hydrogens is 392 g/mol. The van der Waals surface area contributed by atoms with E-state index in [4.69, 9.17) is 10.5 Å². The molecule has 1 fully saturated rings. The van der Waals surface area contributed by atoms with Crippen molar-refractivity contribution in [2.24, 2.45) is 5.73 Å². The number of hydrogen-bond acceptors (Lipinski definition) is 6. The van der Waals surface area contributed by atoms with Gasteiger partial charge in [-0.1, -0.05) is 12.1 Å². The Labute approximate surface area is 173 Å². The summed E-state index contributed by atoms with van der Waals surface area (Å²) in [6.07, 6.45) is -0.813. The van der Waals surface area contributed by atoms with Crippen molar-refractivity contribution in [1.29, 1.82) is 0 Å². The number of ether oxygens (including phenoxy) is 1. The molecule has 0 aliphatic carbocycles. The third-order valence-electron chi connectivity index (χ3n) is 4.65. The number of methoxy groups -OCH3 is 1. The first-order chi connectivity index (χ1) is 14.0. The normalized spacial score (nSPS) is 16.0. The number of thiophene rings is 1. The number of hydrogen-bond donors (Lipinski definition) is 2. The standard InChI is InChI=1S/C20H24N4O4S/c1-28-15-5-2-4-14(12-15)20(27)24-10-9-23(19(24)18(26)22-8-7-21)17(25)13-16-6-3-11-29-16/h2-6,11-12,19H,7-10,13,21H2,1H3,(H,22,26). The van der Waals surface area contributed by atoms with Crippen LogP contribution in [0, 0.1) is 0 Å². The van der Waals surface area contributed by atoms with E-state index < -0.39 is 12.1 Å². The summed E-state index contributed by atoms with van der Waals surface area (Å²) in [4.78, 5) is 42.6. The SMILES string of the molecule is COc1cccc(C(=O)N2CCN(C(=O)Cc3cccs3)C2C(=O)NCCN)c1. The monoisotopic (exact) mass is 416 g/mol. The van der Waals surface area contributed by atoms with Gasteiger partial charge in [0.15, 0.2) is 6.17 Å². The van der Waals surface area contributed by atoms with E-state index in [-0.39, 0.29) is 37.9 Å². The minimum Gasteiger partial charge on any atom is -0.497 e. The van der Waals surface area contributed by atoms with Crippen LogP contribution in [0.4, 0.5) is 0 Å². The summed E-state index contributed by atoms with van der Waals surface area (Å²) in [5, 5.41) is 4.60. The fraction of sp³-hybridized carbons (Fsp3) is 0.350. The summed E-state index contributed by atoms with van der Waals surface area (Å²) in [5.41, 5.74) is 5.89. The van der Waals surface area contributed by atoms with Gasteiger partial charge in [-0.15, -0.1) is 11.3 Å². The van der Waals surface area contributed by atoms with Crippen molar-refractivity contribution in [3.63, 3.8) is 0 Å². The van der Waals surface area contributed by atoms with Crippen LogP contribution in [0.15, 0.2) is 41.8 Å². The van der Waals surface area contributed by atoms with Crippen LogP contribution in [0.1, 0.15) is 15.2 Å². The molecule has 1 unspecified atom stereocenters. The fourth-order valence-corrected chi connectivity index (χ4v) is 3.95. The van der Waals surface area contributed by atoms with E-state index in [1.165, 1.54) is 28.2 Å². The molecule has 2 aromatic rings. The summed E-state index contributed by atoms with van der Waals surface area (Å²) in [5.74, 6) is -0.391. The number of nitrogens with zero attached hydrogens (tertiary/aromatic N) is 2. The number of nitrogens with two attached hydrogens (primary N) is 1. The Bertz CT molecular complexity index is 871. The third-order valence-corrected chi connectivity index (χ3v) is 5.53. The number of nitrogens with one attached hydrogen (secondary N) is 1. The lowest BCUT2D eigenvalue weighted by Gasteiger charge is -2.29. The second-order valence-corrected chi connectivity index (χ2v) is 7.56. The van der Waals surface area contributed by atoms with Gasteiger partial charge in [0, 0.05) is 36.6 Å². The van der Waals surface area contributed by atoms with Gasteiger partial charge in [0.1, 0.15) is 5.75 Å². The second kappa shape index (κ2) is 9.53. The van der Waals surface area contributed by atoms with Gasteiger partial charge in [-0.2, -0.15) is 0 Å². The smallest absolute Gasteiger partial charge is 0.263 e. The van der Waals surface area contributed by atoms with Crippen molar-refractivity contribution < 1.29 is 19.1 Å². The highest BCUT2D eigenvalue weighted by atomic mass is 32.1. The van der Waals surface area contributed by atoms with Crippen molar-refractivity contribution in [1.82, 2.24) is 15.1 Å². The summed E-state index contributed by atoms with van der Waals surface area (Å²) < 4.78 is 5.19. The summed E-state index contributed by atoms with van der Waals surface area (Å²) in [7, 11) is 1.52. The molecule has 1 saturated heterocycles. The van der Waals surface area contributed by atoms with Crippen LogP contribution in [0.25, 0.3) is 0 Å². The molecule has 2 heterocycles. The van der Waals surface area contributed by atoms with E-state index in [1.54, 1.807) is 24.3 Å². The fourth-order valence-electron chi connectivity index (χ4n) is 3.26. The van der Waals surface area contributed by atoms with Crippen LogP contribution in [-0.4, -0.2) is 67.0 Å². The number of carbonyl (C=O) groups is 3. The molecular formula is C20H24N4O4S. The van der Waals surface area contributed by atoms with Crippen LogP contribution in [0.2, 0.25) is 0 Å². The zero-order valence-corrected chi connectivity index (χ0v) is 17.0. The lowest BCUT2D eigenvalue weighted by molar-refractivity contribution is -0.140. The first kappa shape index (κ1) is 20.8. The zero-order valence-electron chi connectivity index (χ0n) is 16.2. The van der Waals surface area contributed by atoms with Crippen molar-refractivity contribution in [2.45, 2.75) is 12.6 Å². The Hall–Kier alpha value is -2.91. The molecule has 9 heteroatoms. The van der Waals surface area contributed by atoms with Gasteiger partial charge in [0.05, 0.1) is 13.5 Å². The molecule has 1 aromatic heterocycles. The Balaban J connectivity index is 1.84. The van der Waals surface area contributed by atoms with E-state index >= 15 is 0 Å². The highest BCUT2D eigenvalue weighted by molar-refractivity contribution is 7.10. The van der Waals surface area contributed by atoms with Crippen molar-refractivity contribution in [3.8, 4) is 5.75 Å². The molecule has 0 spiro atoms. The number of benzene rings is 1. The first-order valence-electron chi connectivity index (χ1n) is 9.29. The van der Waals surface area contributed by atoms with Crippen LogP contribution in [-0.2, 0) is 16.0 Å². The lowest BCUT2D eigenvalue weighted by atomic mass is 10.2. The largest absolute Gasteiger partial charge is 0.497 e. The molecule has 1 aromatic carbocycles. The van der Waals surface area contributed by atoms with Crippen molar-refractivity contribution >= 4 is 29.1 Å². The van der Waals surface area contributed by atoms with Gasteiger partial charge in [0.25, 0.3) is 11.8 Å². The first-order valence-corrected chi connectivity index (χ1v) is 10.2. The predicted molar refractivity (Wildman–Crippen MR) is 110 cm³/mol. The van der Waals surface area contributed by atoms with E-state index in [0.717, 1.165) is 4.88 Å². The van der Waals surface area contributed by atoms with Gasteiger partial charge in [-0.05, 0) is 29.6 Å². The molecule has 29 heavy (non-hydrogen) atoms. The summed E-state index contributed by atoms with van der Waals surface area (Å²) in [6, 6.07) is 10.5. The maximum atomic E-state index is 13.1. The van der Waals surface area contributed by atoms with Crippen LogP contribution in [0.3, 0.4) is 0 Å². The van der Waals surface area contributed by atoms with Gasteiger partial charge in [0.2, 0.25) is 5.91 Å². The maximum Gasteiger partial charge on any atom is 0.263 e. The molecule has 0 saturated carbocycles. The quantitative estimate of drug-likeness (QED) is 0.691. The Morgan fingerprint density at radius 1 is 1.21 bits per heavy atom. The van der Waals surface area contributed by atoms with Gasteiger partial charge in [-0.25, -0.2) is 0 Å². The minimum atomic E-state index is -1.01. The molecule has 154 valence electrons. The van der Waals surface area contributed by atoms with Crippen molar-refractivity contribution in [2.75, 3.05) is 33.3 Å². The lowest BCUT2D eigenvalue weighted by Crippen LogP contribution is -2.54. The van der Waals surface area contributed by atoms with Crippen LogP contribution in [0.5, 0.6) is 5.75 Å². The molecule has 0 radical (unpaired) electrons. The third kappa shape index (κ3) is 4.75. The maximum absolute atomic E-state index is 13.1. The summed E-state index contributed by atoms with van der Waals surface area (Å²) in [6.45, 7) is 1.10. The zero-order chi connectivity index (χ0) is 20.8. The Morgan fingerprint density at radius 2 is 2.00 bits per heavy atom. The molecule has 3 rings (SSSR count). The predicted octanol–water partition coefficient (Wildman–Crippen LogP) is 0.685. The van der Waals surface area contributed by atoms with E-state index in [2.05, 4.69) is 5.32 Å². The Kier molecular flexibility index (Phi) is 6.84. The van der Waals surface area contributed by atoms with Gasteiger partial charge in [-0.3, -0.25) is 14.4 Å². The summed E-state index contributed by atoms with van der Waals surface area (Å²) >= 11 is 1.48. The number of amides is 3. The average molecular weight is 417 g/mol. The molecule has 0 bridgehead atoms. The molecule has 8 nitrogen and oxygen atoms in total. The minimum absolute atomic E-state index is 0.193. The Morgan fingerprint density at radius 3 is 2.69 bits per heavy atom. The second-order valence-electron chi connectivity index (χ2n) is 6.53. The van der Waals surface area contributed by atoms with E-state index in [0.29, 0.717) is 17.9 Å². The van der Waals surface area contributed by atoms with Crippen LogP contribution >= 0.6 is 11.3 Å². The topological polar surface area (TPSA) is 105 Å². The van der Waals surface area contributed by atoms with Crippen molar-refractivity contribution in [3.05, 3.63) is 52.2 Å². The average Bonchev–Trinajstić information content (AvgIpc) is 3.41. The molecule has 1 aliphatic heterocycles. The molecule has 3 N–H and O–H groups in total. The van der Waals surface area contributed by atoms with E-state index in [1.807, 2.05) is 17.5 Å². The number of rotatable bonds is 7. The van der Waals surface area contributed by atoms with E-state index in [9.17, 15) is 14.4 Å².